The predicted molar refractivity (Wildman–Crippen MR) is 104 cm³/mol. The number of thiazole rings is 1. The van der Waals surface area contributed by atoms with Crippen LogP contribution in [-0.4, -0.2) is 23.5 Å². The van der Waals surface area contributed by atoms with Crippen molar-refractivity contribution < 1.29 is 13.9 Å². The average molecular weight is 382 g/mol. The summed E-state index contributed by atoms with van der Waals surface area (Å²) in [5.74, 6) is -0.482. The zero-order chi connectivity index (χ0) is 18.6. The molecule has 4 rings (SSSR count). The maximum atomic E-state index is 13.1. The van der Waals surface area contributed by atoms with Crippen molar-refractivity contribution in [3.8, 4) is 11.3 Å². The highest BCUT2D eigenvalue weighted by atomic mass is 32.1. The summed E-state index contributed by atoms with van der Waals surface area (Å²) in [5, 5.41) is 2.74. The molecule has 1 aliphatic rings. The standard InChI is InChI=1S/C21H19FN2O2S/c22-17-10-8-16(9-11-17)18-14-27-21(23-18)24-12-4-7-19(24)20(25)26-13-15-5-2-1-3-6-15/h1-3,5-6,8-11,14,19H,4,7,12-13H2/t19-/m0/s1. The van der Waals surface area contributed by atoms with Crippen LogP contribution in [0.25, 0.3) is 11.3 Å². The minimum absolute atomic E-state index is 0.213. The van der Waals surface area contributed by atoms with Gasteiger partial charge < -0.3 is 9.64 Å². The van der Waals surface area contributed by atoms with Crippen LogP contribution in [0, 0.1) is 5.82 Å². The SMILES string of the molecule is O=C(OCc1ccccc1)[C@@H]1CCCN1c1nc(-c2ccc(F)cc2)cs1. The van der Waals surface area contributed by atoms with Crippen molar-refractivity contribution in [2.24, 2.45) is 0 Å². The molecule has 0 unspecified atom stereocenters. The Balaban J connectivity index is 1.45. The minimum Gasteiger partial charge on any atom is -0.459 e. The Morgan fingerprint density at radius 1 is 1.19 bits per heavy atom. The Bertz CT molecular complexity index is 911. The molecule has 0 radical (unpaired) electrons. The zero-order valence-corrected chi connectivity index (χ0v) is 15.5. The molecule has 1 saturated heterocycles. The topological polar surface area (TPSA) is 42.4 Å². The van der Waals surface area contributed by atoms with Gasteiger partial charge in [-0.2, -0.15) is 0 Å². The van der Waals surface area contributed by atoms with Crippen molar-refractivity contribution in [3.05, 3.63) is 71.4 Å². The molecule has 0 N–H and O–H groups in total. The van der Waals surface area contributed by atoms with Gasteiger partial charge in [0.05, 0.1) is 5.69 Å². The van der Waals surface area contributed by atoms with Crippen molar-refractivity contribution in [1.82, 2.24) is 4.98 Å². The van der Waals surface area contributed by atoms with E-state index in [1.807, 2.05) is 40.6 Å². The Morgan fingerprint density at radius 2 is 1.96 bits per heavy atom. The Labute approximate surface area is 161 Å². The van der Waals surface area contributed by atoms with Crippen LogP contribution in [0.2, 0.25) is 0 Å². The maximum absolute atomic E-state index is 13.1. The van der Waals surface area contributed by atoms with Crippen molar-refractivity contribution in [3.63, 3.8) is 0 Å². The molecular weight excluding hydrogens is 363 g/mol. The minimum atomic E-state index is -0.305. The quantitative estimate of drug-likeness (QED) is 0.602. The van der Waals surface area contributed by atoms with Gasteiger partial charge in [0.1, 0.15) is 18.5 Å². The van der Waals surface area contributed by atoms with Crippen LogP contribution in [0.15, 0.2) is 60.0 Å². The lowest BCUT2D eigenvalue weighted by molar-refractivity contribution is -0.146. The van der Waals surface area contributed by atoms with Crippen molar-refractivity contribution in [1.29, 1.82) is 0 Å². The first kappa shape index (κ1) is 17.7. The predicted octanol–water partition coefficient (Wildman–Crippen LogP) is 4.66. The summed E-state index contributed by atoms with van der Waals surface area (Å²) in [6.07, 6.45) is 1.69. The van der Waals surface area contributed by atoms with E-state index >= 15 is 0 Å². The molecule has 138 valence electrons. The summed E-state index contributed by atoms with van der Waals surface area (Å²) >= 11 is 1.49. The van der Waals surface area contributed by atoms with E-state index < -0.39 is 0 Å². The molecule has 27 heavy (non-hydrogen) atoms. The van der Waals surface area contributed by atoms with Crippen LogP contribution in [0.5, 0.6) is 0 Å². The number of benzene rings is 2. The van der Waals surface area contributed by atoms with Gasteiger partial charge >= 0.3 is 5.97 Å². The number of hydrogen-bond acceptors (Lipinski definition) is 5. The number of aromatic nitrogens is 1. The monoisotopic (exact) mass is 382 g/mol. The third-order valence-corrected chi connectivity index (χ3v) is 5.50. The van der Waals surface area contributed by atoms with Gasteiger partial charge in [0, 0.05) is 17.5 Å². The highest BCUT2D eigenvalue weighted by Gasteiger charge is 2.33. The lowest BCUT2D eigenvalue weighted by Crippen LogP contribution is -2.37. The zero-order valence-electron chi connectivity index (χ0n) is 14.7. The number of halogens is 1. The Morgan fingerprint density at radius 3 is 2.74 bits per heavy atom. The van der Waals surface area contributed by atoms with E-state index in [4.69, 9.17) is 4.74 Å². The molecule has 1 fully saturated rings. The molecule has 0 saturated carbocycles. The number of esters is 1. The molecule has 6 heteroatoms. The summed E-state index contributed by atoms with van der Waals surface area (Å²) in [5.41, 5.74) is 2.63. The van der Waals surface area contributed by atoms with E-state index in [1.165, 1.54) is 23.5 Å². The van der Waals surface area contributed by atoms with Gasteiger partial charge in [-0.3, -0.25) is 0 Å². The molecule has 1 atom stereocenters. The van der Waals surface area contributed by atoms with Crippen molar-refractivity contribution >= 4 is 22.4 Å². The second kappa shape index (κ2) is 7.88. The number of rotatable bonds is 5. The van der Waals surface area contributed by atoms with Gasteiger partial charge in [-0.05, 0) is 42.7 Å². The van der Waals surface area contributed by atoms with Gasteiger partial charge in [-0.1, -0.05) is 30.3 Å². The van der Waals surface area contributed by atoms with Gasteiger partial charge in [0.2, 0.25) is 0 Å². The molecule has 1 aliphatic heterocycles. The molecule has 1 aromatic heterocycles. The molecule has 4 nitrogen and oxygen atoms in total. The van der Waals surface area contributed by atoms with E-state index in [9.17, 15) is 9.18 Å². The van der Waals surface area contributed by atoms with Crippen LogP contribution in [-0.2, 0) is 16.1 Å². The highest BCUT2D eigenvalue weighted by Crippen LogP contribution is 2.32. The second-order valence-electron chi connectivity index (χ2n) is 6.47. The van der Waals surface area contributed by atoms with E-state index in [1.54, 1.807) is 12.1 Å². The fourth-order valence-electron chi connectivity index (χ4n) is 3.22. The average Bonchev–Trinajstić information content (AvgIpc) is 3.37. The Hall–Kier alpha value is -2.73. The van der Waals surface area contributed by atoms with Crippen molar-refractivity contribution in [2.45, 2.75) is 25.5 Å². The lowest BCUT2D eigenvalue weighted by Gasteiger charge is -2.22. The molecule has 0 amide bonds. The van der Waals surface area contributed by atoms with E-state index in [-0.39, 0.29) is 24.4 Å². The number of carbonyl (C=O) groups excluding carboxylic acids is 1. The van der Waals surface area contributed by atoms with Crippen LogP contribution >= 0.6 is 11.3 Å². The van der Waals surface area contributed by atoms with Gasteiger partial charge in [0.25, 0.3) is 0 Å². The van der Waals surface area contributed by atoms with Crippen LogP contribution in [0.4, 0.5) is 9.52 Å². The fraction of sp³-hybridized carbons (Fsp3) is 0.238. The molecule has 2 heterocycles. The summed E-state index contributed by atoms with van der Waals surface area (Å²) in [6.45, 7) is 1.06. The summed E-state index contributed by atoms with van der Waals surface area (Å²) in [7, 11) is 0. The summed E-state index contributed by atoms with van der Waals surface area (Å²) in [4.78, 5) is 19.3. The number of anilines is 1. The first-order chi connectivity index (χ1) is 13.2. The molecule has 2 aromatic carbocycles. The number of nitrogens with zero attached hydrogens (tertiary/aromatic N) is 2. The maximum Gasteiger partial charge on any atom is 0.329 e. The third kappa shape index (κ3) is 4.01. The number of ether oxygens (including phenoxy) is 1. The largest absolute Gasteiger partial charge is 0.459 e. The number of hydrogen-bond donors (Lipinski definition) is 0. The first-order valence-electron chi connectivity index (χ1n) is 8.89. The molecular formula is C21H19FN2O2S. The van der Waals surface area contributed by atoms with E-state index in [2.05, 4.69) is 4.98 Å². The van der Waals surface area contributed by atoms with Crippen LogP contribution in [0.3, 0.4) is 0 Å². The third-order valence-electron chi connectivity index (χ3n) is 4.63. The second-order valence-corrected chi connectivity index (χ2v) is 7.30. The van der Waals surface area contributed by atoms with E-state index in [0.29, 0.717) is 0 Å². The normalized spacial score (nSPS) is 16.5. The molecule has 0 aliphatic carbocycles. The Kier molecular flexibility index (Phi) is 5.16. The van der Waals surface area contributed by atoms with E-state index in [0.717, 1.165) is 41.3 Å². The first-order valence-corrected chi connectivity index (χ1v) is 9.77. The van der Waals surface area contributed by atoms with Crippen LogP contribution < -0.4 is 4.90 Å². The fourth-order valence-corrected chi connectivity index (χ4v) is 4.13. The number of carbonyl (C=O) groups is 1. The van der Waals surface area contributed by atoms with Gasteiger partial charge in [0.15, 0.2) is 5.13 Å². The summed E-state index contributed by atoms with van der Waals surface area (Å²) in [6, 6.07) is 15.6. The molecule has 0 bridgehead atoms. The molecule has 3 aromatic rings. The molecule has 0 spiro atoms. The van der Waals surface area contributed by atoms with Gasteiger partial charge in [-0.25, -0.2) is 14.2 Å². The lowest BCUT2D eigenvalue weighted by atomic mass is 10.2. The van der Waals surface area contributed by atoms with Gasteiger partial charge in [-0.15, -0.1) is 11.3 Å². The smallest absolute Gasteiger partial charge is 0.329 e. The highest BCUT2D eigenvalue weighted by molar-refractivity contribution is 7.14. The van der Waals surface area contributed by atoms with Crippen molar-refractivity contribution in [2.75, 3.05) is 11.4 Å². The summed E-state index contributed by atoms with van der Waals surface area (Å²) < 4.78 is 18.6. The van der Waals surface area contributed by atoms with Crippen LogP contribution in [0.1, 0.15) is 18.4 Å².